The molecule has 0 bridgehead atoms. The molecule has 1 atom stereocenters. The summed E-state index contributed by atoms with van der Waals surface area (Å²) in [6.45, 7) is 2.47. The minimum Gasteiger partial charge on any atom is -0.504 e. The average Bonchev–Trinajstić information content (AvgIpc) is 2.59. The smallest absolute Gasteiger partial charge is 0.160 e. The van der Waals surface area contributed by atoms with E-state index in [1.165, 1.54) is 13.2 Å². The summed E-state index contributed by atoms with van der Waals surface area (Å²) in [6.07, 6.45) is 1.99. The zero-order chi connectivity index (χ0) is 17.8. The molecule has 2 N–H and O–H groups in total. The molecule has 0 spiro atoms. The molecule has 0 amide bonds. The maximum Gasteiger partial charge on any atom is 0.160 e. The molecule has 2 aromatic carbocycles. The van der Waals surface area contributed by atoms with Gasteiger partial charge < -0.3 is 15.2 Å². The first-order chi connectivity index (χ1) is 12.0. The summed E-state index contributed by atoms with van der Waals surface area (Å²) < 4.78 is 31.4. The fraction of sp³-hybridized carbons (Fsp3) is 0.368. The SMILES string of the molecule is COc1ccc(CN2CCCC(Nc3ccc(F)c(F)c3)C2)cc1O. The molecular weight excluding hydrogens is 326 g/mol. The molecular formula is C19H22F2N2O2. The van der Waals surface area contributed by atoms with Gasteiger partial charge in [0, 0.05) is 30.9 Å². The highest BCUT2D eigenvalue weighted by atomic mass is 19.2. The van der Waals surface area contributed by atoms with E-state index in [9.17, 15) is 13.9 Å². The Morgan fingerprint density at radius 2 is 2.04 bits per heavy atom. The van der Waals surface area contributed by atoms with E-state index in [0.717, 1.165) is 37.6 Å². The number of phenols is 1. The van der Waals surface area contributed by atoms with Crippen LogP contribution in [0.15, 0.2) is 36.4 Å². The monoisotopic (exact) mass is 348 g/mol. The molecule has 1 heterocycles. The lowest BCUT2D eigenvalue weighted by Gasteiger charge is -2.33. The number of methoxy groups -OCH3 is 1. The number of anilines is 1. The minimum atomic E-state index is -0.841. The van der Waals surface area contributed by atoms with Crippen LogP contribution in [0.2, 0.25) is 0 Å². The number of piperidine rings is 1. The second-order valence-corrected chi connectivity index (χ2v) is 6.35. The van der Waals surface area contributed by atoms with Gasteiger partial charge >= 0.3 is 0 Å². The van der Waals surface area contributed by atoms with Crippen molar-refractivity contribution in [3.63, 3.8) is 0 Å². The first-order valence-corrected chi connectivity index (χ1v) is 8.35. The zero-order valence-electron chi connectivity index (χ0n) is 14.1. The predicted octanol–water partition coefficient (Wildman–Crippen LogP) is 3.76. The van der Waals surface area contributed by atoms with Crippen LogP contribution >= 0.6 is 0 Å². The molecule has 6 heteroatoms. The number of hydrogen-bond acceptors (Lipinski definition) is 4. The van der Waals surface area contributed by atoms with Gasteiger partial charge in [-0.2, -0.15) is 0 Å². The van der Waals surface area contributed by atoms with Gasteiger partial charge in [-0.05, 0) is 49.2 Å². The molecule has 0 aliphatic carbocycles. The third kappa shape index (κ3) is 4.39. The fourth-order valence-electron chi connectivity index (χ4n) is 3.23. The molecule has 25 heavy (non-hydrogen) atoms. The third-order valence-electron chi connectivity index (χ3n) is 4.45. The van der Waals surface area contributed by atoms with Crippen LogP contribution in [0.3, 0.4) is 0 Å². The summed E-state index contributed by atoms with van der Waals surface area (Å²) >= 11 is 0. The molecule has 0 saturated carbocycles. The molecule has 1 aliphatic heterocycles. The number of halogens is 2. The molecule has 1 fully saturated rings. The normalized spacial score (nSPS) is 18.1. The molecule has 1 saturated heterocycles. The van der Waals surface area contributed by atoms with E-state index in [4.69, 9.17) is 4.74 Å². The lowest BCUT2D eigenvalue weighted by molar-refractivity contribution is 0.208. The van der Waals surface area contributed by atoms with E-state index in [0.29, 0.717) is 18.0 Å². The van der Waals surface area contributed by atoms with E-state index in [1.54, 1.807) is 18.2 Å². The zero-order valence-corrected chi connectivity index (χ0v) is 14.1. The second-order valence-electron chi connectivity index (χ2n) is 6.35. The van der Waals surface area contributed by atoms with Gasteiger partial charge in [0.15, 0.2) is 23.1 Å². The van der Waals surface area contributed by atoms with E-state index in [1.807, 2.05) is 6.07 Å². The van der Waals surface area contributed by atoms with Crippen LogP contribution in [0.1, 0.15) is 18.4 Å². The highest BCUT2D eigenvalue weighted by Crippen LogP contribution is 2.27. The predicted molar refractivity (Wildman–Crippen MR) is 92.9 cm³/mol. The van der Waals surface area contributed by atoms with Crippen LogP contribution in [0.4, 0.5) is 14.5 Å². The van der Waals surface area contributed by atoms with Gasteiger partial charge in [-0.1, -0.05) is 6.07 Å². The number of nitrogens with one attached hydrogen (secondary N) is 1. The van der Waals surface area contributed by atoms with Crippen molar-refractivity contribution in [1.29, 1.82) is 0 Å². The third-order valence-corrected chi connectivity index (χ3v) is 4.45. The molecule has 1 unspecified atom stereocenters. The number of aromatic hydroxyl groups is 1. The standard InChI is InChI=1S/C19H22F2N2O2/c1-25-19-7-4-13(9-18(19)24)11-23-8-2-3-15(12-23)22-14-5-6-16(20)17(21)10-14/h4-7,9-10,15,22,24H,2-3,8,11-12H2,1H3. The van der Waals surface area contributed by atoms with Crippen molar-refractivity contribution in [3.05, 3.63) is 53.6 Å². The summed E-state index contributed by atoms with van der Waals surface area (Å²) in [4.78, 5) is 2.28. The van der Waals surface area contributed by atoms with Crippen LogP contribution in [0.25, 0.3) is 0 Å². The number of ether oxygens (including phenoxy) is 1. The van der Waals surface area contributed by atoms with E-state index < -0.39 is 11.6 Å². The van der Waals surface area contributed by atoms with Crippen molar-refractivity contribution in [1.82, 2.24) is 4.90 Å². The molecule has 4 nitrogen and oxygen atoms in total. The summed E-state index contributed by atoms with van der Waals surface area (Å²) in [7, 11) is 1.52. The Labute approximate surface area is 146 Å². The maximum absolute atomic E-state index is 13.3. The molecule has 3 rings (SSSR count). The van der Waals surface area contributed by atoms with Crippen molar-refractivity contribution in [2.75, 3.05) is 25.5 Å². The van der Waals surface area contributed by atoms with E-state index >= 15 is 0 Å². The van der Waals surface area contributed by atoms with Gasteiger partial charge in [-0.3, -0.25) is 4.90 Å². The highest BCUT2D eigenvalue weighted by Gasteiger charge is 2.20. The van der Waals surface area contributed by atoms with E-state index in [2.05, 4.69) is 10.2 Å². The minimum absolute atomic E-state index is 0.133. The Morgan fingerprint density at radius 1 is 1.20 bits per heavy atom. The van der Waals surface area contributed by atoms with Gasteiger partial charge in [0.2, 0.25) is 0 Å². The van der Waals surface area contributed by atoms with Gasteiger partial charge in [0.25, 0.3) is 0 Å². The number of rotatable bonds is 5. The molecule has 2 aromatic rings. The largest absolute Gasteiger partial charge is 0.504 e. The van der Waals surface area contributed by atoms with Crippen LogP contribution in [0, 0.1) is 11.6 Å². The lowest BCUT2D eigenvalue weighted by Crippen LogP contribution is -2.41. The number of phenolic OH excluding ortho intramolecular Hbond substituents is 1. The van der Waals surface area contributed by atoms with Crippen LogP contribution in [0.5, 0.6) is 11.5 Å². The summed E-state index contributed by atoms with van der Waals surface area (Å²) in [5.74, 6) is -1.09. The Morgan fingerprint density at radius 3 is 2.76 bits per heavy atom. The number of likely N-dealkylation sites (tertiary alicyclic amines) is 1. The molecule has 0 radical (unpaired) electrons. The first kappa shape index (κ1) is 17.5. The summed E-state index contributed by atoms with van der Waals surface area (Å²) in [5.41, 5.74) is 1.60. The summed E-state index contributed by atoms with van der Waals surface area (Å²) in [6, 6.07) is 9.46. The average molecular weight is 348 g/mol. The maximum atomic E-state index is 13.3. The van der Waals surface area contributed by atoms with Crippen molar-refractivity contribution in [3.8, 4) is 11.5 Å². The highest BCUT2D eigenvalue weighted by molar-refractivity contribution is 5.44. The van der Waals surface area contributed by atoms with Crippen LogP contribution in [-0.4, -0.2) is 36.2 Å². The molecule has 0 aromatic heterocycles. The Hall–Kier alpha value is -2.34. The molecule has 1 aliphatic rings. The number of hydrogen-bond donors (Lipinski definition) is 2. The Balaban J connectivity index is 1.61. The first-order valence-electron chi connectivity index (χ1n) is 8.35. The van der Waals surface area contributed by atoms with Gasteiger partial charge in [0.1, 0.15) is 0 Å². The Kier molecular flexibility index (Phi) is 5.38. The van der Waals surface area contributed by atoms with Crippen molar-refractivity contribution in [2.24, 2.45) is 0 Å². The van der Waals surface area contributed by atoms with Crippen molar-refractivity contribution < 1.29 is 18.6 Å². The number of benzene rings is 2. The van der Waals surface area contributed by atoms with E-state index in [-0.39, 0.29) is 11.8 Å². The topological polar surface area (TPSA) is 44.7 Å². The summed E-state index contributed by atoms with van der Waals surface area (Å²) in [5, 5.41) is 13.2. The van der Waals surface area contributed by atoms with Crippen molar-refractivity contribution in [2.45, 2.75) is 25.4 Å². The van der Waals surface area contributed by atoms with Gasteiger partial charge in [-0.25, -0.2) is 8.78 Å². The van der Waals surface area contributed by atoms with Gasteiger partial charge in [0.05, 0.1) is 7.11 Å². The second kappa shape index (κ2) is 7.70. The fourth-order valence-corrected chi connectivity index (χ4v) is 3.23. The van der Waals surface area contributed by atoms with Gasteiger partial charge in [-0.15, -0.1) is 0 Å². The van der Waals surface area contributed by atoms with Crippen LogP contribution < -0.4 is 10.1 Å². The number of nitrogens with zero attached hydrogens (tertiary/aromatic N) is 1. The lowest BCUT2D eigenvalue weighted by atomic mass is 10.0. The van der Waals surface area contributed by atoms with Crippen molar-refractivity contribution >= 4 is 5.69 Å². The van der Waals surface area contributed by atoms with Crippen LogP contribution in [-0.2, 0) is 6.54 Å². The molecule has 134 valence electrons. The Bertz CT molecular complexity index is 739. The quantitative estimate of drug-likeness (QED) is 0.864.